The lowest BCUT2D eigenvalue weighted by atomic mass is 9.90. The van der Waals surface area contributed by atoms with Crippen molar-refractivity contribution in [2.24, 2.45) is 0 Å². The summed E-state index contributed by atoms with van der Waals surface area (Å²) in [4.78, 5) is 64.1. The molecule has 5 aromatic rings. The molecule has 0 bridgehead atoms. The van der Waals surface area contributed by atoms with Gasteiger partial charge in [0.2, 0.25) is 0 Å². The number of anilines is 1. The summed E-state index contributed by atoms with van der Waals surface area (Å²) in [5, 5.41) is 2.97. The molecule has 0 spiro atoms. The lowest BCUT2D eigenvalue weighted by Gasteiger charge is -2.16. The molecule has 3 aromatic carbocycles. The number of amides is 1. The number of nitrogens with one attached hydrogen (secondary N) is 4. The maximum atomic E-state index is 13.0. The highest BCUT2D eigenvalue weighted by Gasteiger charge is 2.19. The average Bonchev–Trinajstić information content (AvgIpc) is 3.45. The van der Waals surface area contributed by atoms with E-state index in [-0.39, 0.29) is 21.9 Å². The van der Waals surface area contributed by atoms with Crippen LogP contribution in [-0.2, 0) is 5.41 Å². The second kappa shape index (κ2) is 11.5. The largest absolute Gasteiger partial charge is 0.348 e. The number of carbonyl (C=O) groups excluding carboxylic acids is 2. The third-order valence-corrected chi connectivity index (χ3v) is 6.56. The summed E-state index contributed by atoms with van der Waals surface area (Å²) in [6.07, 6.45) is 4.61. The summed E-state index contributed by atoms with van der Waals surface area (Å²) in [6, 6.07) is 22.2. The van der Waals surface area contributed by atoms with Crippen molar-refractivity contribution in [3.63, 3.8) is 0 Å². The van der Waals surface area contributed by atoms with E-state index in [0.717, 1.165) is 5.69 Å². The van der Waals surface area contributed by atoms with E-state index in [1.807, 2.05) is 26.8 Å². The van der Waals surface area contributed by atoms with Gasteiger partial charge in [-0.15, -0.1) is 0 Å². The van der Waals surface area contributed by atoms with Gasteiger partial charge < -0.3 is 20.3 Å². The molecule has 0 radical (unpaired) electrons. The van der Waals surface area contributed by atoms with Gasteiger partial charge in [-0.1, -0.05) is 75.4 Å². The molecule has 5 rings (SSSR count). The van der Waals surface area contributed by atoms with Gasteiger partial charge in [-0.3, -0.25) is 19.2 Å². The minimum atomic E-state index is -0.483. The first-order valence-electron chi connectivity index (χ1n) is 13.3. The average molecular weight is 560 g/mol. The summed E-state index contributed by atoms with van der Waals surface area (Å²) in [5.74, 6) is -0.572. The second-order valence-electron chi connectivity index (χ2n) is 10.8. The fraction of sp³-hybridized carbons (Fsp3) is 0.121. The molecule has 0 saturated heterocycles. The van der Waals surface area contributed by atoms with Gasteiger partial charge in [-0.2, -0.15) is 0 Å². The van der Waals surface area contributed by atoms with E-state index in [2.05, 4.69) is 25.3 Å². The molecule has 0 atom stereocenters. The number of hydrogen-bond donors (Lipinski definition) is 4. The normalized spacial score (nSPS) is 12.4. The van der Waals surface area contributed by atoms with Crippen LogP contribution in [0.1, 0.15) is 64.0 Å². The molecule has 42 heavy (non-hydrogen) atoms. The minimum absolute atomic E-state index is 0.0609. The molecular weight excluding hydrogens is 530 g/mol. The molecule has 0 saturated carbocycles. The Hall–Kier alpha value is -5.57. The van der Waals surface area contributed by atoms with Crippen molar-refractivity contribution in [1.82, 2.24) is 19.9 Å². The maximum absolute atomic E-state index is 13.0. The van der Waals surface area contributed by atoms with Crippen molar-refractivity contribution in [1.29, 1.82) is 0 Å². The lowest BCUT2D eigenvalue weighted by molar-refractivity contribution is 0.102. The Balaban J connectivity index is 1.39. The number of ketones is 1. The van der Waals surface area contributed by atoms with E-state index in [9.17, 15) is 19.2 Å². The molecule has 0 aliphatic heterocycles. The zero-order valence-corrected chi connectivity index (χ0v) is 23.3. The summed E-state index contributed by atoms with van der Waals surface area (Å²) >= 11 is 0. The van der Waals surface area contributed by atoms with E-state index in [4.69, 9.17) is 0 Å². The van der Waals surface area contributed by atoms with Crippen molar-refractivity contribution >= 4 is 29.5 Å². The molecule has 9 heteroatoms. The first-order chi connectivity index (χ1) is 20.1. The van der Waals surface area contributed by atoms with Crippen LogP contribution < -0.4 is 27.1 Å². The Morgan fingerprint density at radius 1 is 0.762 bits per heavy atom. The van der Waals surface area contributed by atoms with Crippen LogP contribution in [0.4, 0.5) is 5.69 Å². The van der Waals surface area contributed by atoms with Crippen LogP contribution >= 0.6 is 0 Å². The number of rotatable bonds is 6. The zero-order chi connectivity index (χ0) is 29.9. The van der Waals surface area contributed by atoms with Gasteiger partial charge in [0.05, 0.1) is 12.0 Å². The standard InChI is InChI=1S/C33H29N5O4/c1-33(2,3)29-25(34-19-35-29)18-27-32(42)37-26(31(41)38-27)16-20-9-7-14-24(15-20)36-30(40)23-13-8-12-22(17-23)28(39)21-10-5-4-6-11-21/h4-19H,1-3H3,(H,34,35)(H,36,40)(H,37,42)(H,38,41)/b26-16-,27-18-. The Labute approximate surface area is 240 Å². The predicted octanol–water partition coefficient (Wildman–Crippen LogP) is 3.22. The van der Waals surface area contributed by atoms with Crippen LogP contribution in [0.15, 0.2) is 94.8 Å². The van der Waals surface area contributed by atoms with Crippen molar-refractivity contribution in [3.8, 4) is 0 Å². The number of imidazole rings is 1. The smallest absolute Gasteiger partial charge is 0.272 e. The SMILES string of the molecule is CC(C)(C)c1[nH]cnc1/C=c1\[nH]c(=O)/c(=C/c2cccc(NC(=O)c3cccc(C(=O)c4ccccc4)c3)c2)[nH]c1=O. The Bertz CT molecular complexity index is 2030. The van der Waals surface area contributed by atoms with Crippen LogP contribution in [0.2, 0.25) is 0 Å². The number of nitrogens with zero attached hydrogens (tertiary/aromatic N) is 1. The minimum Gasteiger partial charge on any atom is -0.348 e. The molecule has 1 amide bonds. The van der Waals surface area contributed by atoms with Crippen molar-refractivity contribution < 1.29 is 9.59 Å². The Morgan fingerprint density at radius 3 is 2.12 bits per heavy atom. The van der Waals surface area contributed by atoms with E-state index in [1.54, 1.807) is 85.2 Å². The molecular formula is C33H29N5O4. The van der Waals surface area contributed by atoms with Crippen LogP contribution in [0.5, 0.6) is 0 Å². The number of carbonyl (C=O) groups is 2. The maximum Gasteiger partial charge on any atom is 0.272 e. The van der Waals surface area contributed by atoms with Crippen LogP contribution in [0, 0.1) is 0 Å². The highest BCUT2D eigenvalue weighted by molar-refractivity contribution is 6.11. The number of aromatic amines is 3. The fourth-order valence-electron chi connectivity index (χ4n) is 4.48. The fourth-order valence-corrected chi connectivity index (χ4v) is 4.48. The highest BCUT2D eigenvalue weighted by atomic mass is 16.2. The van der Waals surface area contributed by atoms with E-state index in [1.165, 1.54) is 6.08 Å². The summed E-state index contributed by atoms with van der Waals surface area (Å²) in [6.45, 7) is 6.05. The van der Waals surface area contributed by atoms with Gasteiger partial charge >= 0.3 is 0 Å². The number of hydrogen-bond acceptors (Lipinski definition) is 5. The first-order valence-corrected chi connectivity index (χ1v) is 13.3. The summed E-state index contributed by atoms with van der Waals surface area (Å²) in [7, 11) is 0. The Morgan fingerprint density at radius 2 is 1.40 bits per heavy atom. The molecule has 0 unspecified atom stereocenters. The van der Waals surface area contributed by atoms with Crippen LogP contribution in [0.25, 0.3) is 12.2 Å². The van der Waals surface area contributed by atoms with Crippen LogP contribution in [-0.4, -0.2) is 31.6 Å². The molecule has 0 fully saturated rings. The second-order valence-corrected chi connectivity index (χ2v) is 10.8. The van der Waals surface area contributed by atoms with Crippen LogP contribution in [0.3, 0.4) is 0 Å². The van der Waals surface area contributed by atoms with E-state index >= 15 is 0 Å². The topological polar surface area (TPSA) is 141 Å². The Kier molecular flexibility index (Phi) is 7.66. The van der Waals surface area contributed by atoms with Gasteiger partial charge in [0.25, 0.3) is 17.0 Å². The molecule has 0 aliphatic carbocycles. The third kappa shape index (κ3) is 6.26. The molecule has 0 aliphatic rings. The number of H-pyrrole nitrogens is 3. The number of benzene rings is 3. The third-order valence-electron chi connectivity index (χ3n) is 6.56. The molecule has 210 valence electrons. The highest BCUT2D eigenvalue weighted by Crippen LogP contribution is 2.23. The van der Waals surface area contributed by atoms with Crippen molar-refractivity contribution in [2.75, 3.05) is 5.32 Å². The molecule has 9 nitrogen and oxygen atoms in total. The molecule has 4 N–H and O–H groups in total. The summed E-state index contributed by atoms with van der Waals surface area (Å²) < 4.78 is 0. The van der Waals surface area contributed by atoms with E-state index < -0.39 is 17.0 Å². The van der Waals surface area contributed by atoms with Crippen molar-refractivity contribution in [3.05, 3.63) is 150 Å². The first kappa shape index (κ1) is 28.0. The van der Waals surface area contributed by atoms with Gasteiger partial charge in [-0.05, 0) is 42.0 Å². The summed E-state index contributed by atoms with van der Waals surface area (Å²) in [5.41, 5.74) is 2.55. The van der Waals surface area contributed by atoms with Gasteiger partial charge in [0.1, 0.15) is 10.7 Å². The van der Waals surface area contributed by atoms with E-state index in [0.29, 0.717) is 33.6 Å². The quantitative estimate of drug-likeness (QED) is 0.237. The lowest BCUT2D eigenvalue weighted by Crippen LogP contribution is -2.46. The molecule has 2 heterocycles. The molecule has 2 aromatic heterocycles. The van der Waals surface area contributed by atoms with Gasteiger partial charge in [0, 0.05) is 33.5 Å². The number of aromatic nitrogens is 4. The van der Waals surface area contributed by atoms with Gasteiger partial charge in [0.15, 0.2) is 5.78 Å². The van der Waals surface area contributed by atoms with Gasteiger partial charge in [-0.25, -0.2) is 4.98 Å². The van der Waals surface area contributed by atoms with Crippen molar-refractivity contribution in [2.45, 2.75) is 26.2 Å². The monoisotopic (exact) mass is 559 g/mol. The zero-order valence-electron chi connectivity index (χ0n) is 23.3. The predicted molar refractivity (Wildman–Crippen MR) is 162 cm³/mol.